The standard InChI is InChI=1S/C23H41NO2Si2/c1-12-17-15-21(26-28(10,11)23(5,6)7)19-16-18(13-14-20(19)24-17)25-27(8,9)22(2,3)4/h12-14,16-17,21,24H,1,15H2,2-11H3/t17-,21+/m1/s1. The maximum absolute atomic E-state index is 6.86. The highest BCUT2D eigenvalue weighted by molar-refractivity contribution is 6.75. The number of fused-ring (bicyclic) bond motifs is 1. The molecule has 0 spiro atoms. The molecule has 1 aliphatic rings. The number of benzene rings is 1. The Morgan fingerprint density at radius 3 is 2.07 bits per heavy atom. The first kappa shape index (κ1) is 23.2. The monoisotopic (exact) mass is 419 g/mol. The van der Waals surface area contributed by atoms with Gasteiger partial charge in [0.1, 0.15) is 5.75 Å². The Kier molecular flexibility index (Phi) is 6.35. The third-order valence-electron chi connectivity index (χ3n) is 6.89. The van der Waals surface area contributed by atoms with E-state index in [0.717, 1.165) is 17.9 Å². The predicted octanol–water partition coefficient (Wildman–Crippen LogP) is 7.50. The van der Waals surface area contributed by atoms with E-state index in [2.05, 4.69) is 97.8 Å². The lowest BCUT2D eigenvalue weighted by molar-refractivity contribution is 0.167. The Hall–Kier alpha value is -1.05. The number of hydrogen-bond donors (Lipinski definition) is 1. The van der Waals surface area contributed by atoms with Gasteiger partial charge in [0, 0.05) is 23.7 Å². The van der Waals surface area contributed by atoms with Crippen LogP contribution >= 0.6 is 0 Å². The normalized spacial score (nSPS) is 20.9. The highest BCUT2D eigenvalue weighted by Crippen LogP contribution is 2.45. The van der Waals surface area contributed by atoms with E-state index in [1.165, 1.54) is 5.56 Å². The molecule has 1 aromatic rings. The molecule has 0 aromatic heterocycles. The van der Waals surface area contributed by atoms with Crippen LogP contribution in [0.2, 0.25) is 36.3 Å². The van der Waals surface area contributed by atoms with Gasteiger partial charge in [0.25, 0.3) is 0 Å². The number of nitrogens with one attached hydrogen (secondary N) is 1. The van der Waals surface area contributed by atoms with Crippen molar-refractivity contribution in [2.24, 2.45) is 0 Å². The molecule has 28 heavy (non-hydrogen) atoms. The van der Waals surface area contributed by atoms with Crippen molar-refractivity contribution in [3.63, 3.8) is 0 Å². The summed E-state index contributed by atoms with van der Waals surface area (Å²) in [6.07, 6.45) is 2.97. The molecule has 1 N–H and O–H groups in total. The maximum atomic E-state index is 6.86. The first-order chi connectivity index (χ1) is 12.6. The summed E-state index contributed by atoms with van der Waals surface area (Å²) in [5, 5.41) is 3.94. The Balaban J connectivity index is 2.40. The van der Waals surface area contributed by atoms with Gasteiger partial charge in [-0.05, 0) is 54.5 Å². The van der Waals surface area contributed by atoms with Crippen molar-refractivity contribution >= 4 is 22.3 Å². The summed E-state index contributed by atoms with van der Waals surface area (Å²) >= 11 is 0. The van der Waals surface area contributed by atoms with Crippen molar-refractivity contribution < 1.29 is 8.85 Å². The summed E-state index contributed by atoms with van der Waals surface area (Å²) in [6.45, 7) is 27.0. The van der Waals surface area contributed by atoms with Crippen molar-refractivity contribution in [1.29, 1.82) is 0 Å². The largest absolute Gasteiger partial charge is 0.543 e. The lowest BCUT2D eigenvalue weighted by Gasteiger charge is -2.42. The van der Waals surface area contributed by atoms with E-state index in [1.807, 2.05) is 6.08 Å². The Labute approximate surface area is 175 Å². The average Bonchev–Trinajstić information content (AvgIpc) is 2.52. The zero-order valence-corrected chi connectivity index (χ0v) is 21.7. The average molecular weight is 420 g/mol. The van der Waals surface area contributed by atoms with Gasteiger partial charge in [-0.2, -0.15) is 0 Å². The second-order valence-corrected chi connectivity index (χ2v) is 20.7. The van der Waals surface area contributed by atoms with E-state index in [4.69, 9.17) is 8.85 Å². The van der Waals surface area contributed by atoms with E-state index < -0.39 is 16.6 Å². The van der Waals surface area contributed by atoms with Crippen LogP contribution in [0.3, 0.4) is 0 Å². The van der Waals surface area contributed by atoms with Crippen LogP contribution in [0.5, 0.6) is 5.75 Å². The molecular weight excluding hydrogens is 378 g/mol. The molecule has 0 saturated heterocycles. The molecule has 5 heteroatoms. The van der Waals surface area contributed by atoms with Crippen molar-refractivity contribution in [1.82, 2.24) is 0 Å². The minimum atomic E-state index is -1.89. The van der Waals surface area contributed by atoms with Gasteiger partial charge in [-0.15, -0.1) is 6.58 Å². The van der Waals surface area contributed by atoms with Crippen molar-refractivity contribution in [3.05, 3.63) is 36.4 Å². The quantitative estimate of drug-likeness (QED) is 0.396. The van der Waals surface area contributed by atoms with Gasteiger partial charge in [0.2, 0.25) is 8.32 Å². The lowest BCUT2D eigenvalue weighted by Crippen LogP contribution is -2.44. The molecule has 0 radical (unpaired) electrons. The smallest absolute Gasteiger partial charge is 0.250 e. The van der Waals surface area contributed by atoms with E-state index in [1.54, 1.807) is 0 Å². The topological polar surface area (TPSA) is 30.5 Å². The molecule has 0 amide bonds. The fourth-order valence-electron chi connectivity index (χ4n) is 2.87. The predicted molar refractivity (Wildman–Crippen MR) is 128 cm³/mol. The fraction of sp³-hybridized carbons (Fsp3) is 0.652. The number of rotatable bonds is 5. The summed E-state index contributed by atoms with van der Waals surface area (Å²) in [6, 6.07) is 6.69. The summed E-state index contributed by atoms with van der Waals surface area (Å²) in [5.74, 6) is 0.966. The molecule has 3 nitrogen and oxygen atoms in total. The molecule has 0 saturated carbocycles. The van der Waals surface area contributed by atoms with Gasteiger partial charge in [0.15, 0.2) is 8.32 Å². The van der Waals surface area contributed by atoms with Crippen LogP contribution in [0.1, 0.15) is 59.6 Å². The van der Waals surface area contributed by atoms with Crippen LogP contribution in [0.15, 0.2) is 30.9 Å². The summed E-state index contributed by atoms with van der Waals surface area (Å²) in [5.41, 5.74) is 2.36. The van der Waals surface area contributed by atoms with Crippen molar-refractivity contribution in [2.75, 3.05) is 5.32 Å². The fourth-order valence-corrected chi connectivity index (χ4v) is 5.18. The molecule has 158 valence electrons. The van der Waals surface area contributed by atoms with Crippen LogP contribution < -0.4 is 9.74 Å². The lowest BCUT2D eigenvalue weighted by atomic mass is 9.95. The van der Waals surface area contributed by atoms with E-state index >= 15 is 0 Å². The summed E-state index contributed by atoms with van der Waals surface area (Å²) < 4.78 is 13.4. The molecule has 0 fully saturated rings. The van der Waals surface area contributed by atoms with Gasteiger partial charge in [-0.1, -0.05) is 47.6 Å². The molecule has 2 atom stereocenters. The van der Waals surface area contributed by atoms with E-state index in [-0.39, 0.29) is 22.2 Å². The third kappa shape index (κ3) is 4.92. The van der Waals surface area contributed by atoms with Crippen LogP contribution in [0, 0.1) is 0 Å². The van der Waals surface area contributed by atoms with Gasteiger partial charge < -0.3 is 14.2 Å². The van der Waals surface area contributed by atoms with Gasteiger partial charge in [0.05, 0.1) is 6.10 Å². The zero-order chi connectivity index (χ0) is 21.5. The summed E-state index contributed by atoms with van der Waals surface area (Å²) in [4.78, 5) is 0. The molecule has 0 bridgehead atoms. The molecule has 1 aromatic carbocycles. The van der Waals surface area contributed by atoms with Crippen LogP contribution in [-0.2, 0) is 4.43 Å². The maximum Gasteiger partial charge on any atom is 0.250 e. The molecule has 1 heterocycles. The molecule has 1 aliphatic heterocycles. The highest BCUT2D eigenvalue weighted by Gasteiger charge is 2.42. The molecular formula is C23H41NO2Si2. The van der Waals surface area contributed by atoms with Crippen molar-refractivity contribution in [3.8, 4) is 5.75 Å². The minimum Gasteiger partial charge on any atom is -0.543 e. The van der Waals surface area contributed by atoms with Crippen LogP contribution in [-0.4, -0.2) is 22.7 Å². The van der Waals surface area contributed by atoms with Gasteiger partial charge >= 0.3 is 0 Å². The highest BCUT2D eigenvalue weighted by atomic mass is 28.4. The third-order valence-corrected chi connectivity index (χ3v) is 15.7. The van der Waals surface area contributed by atoms with Gasteiger partial charge in [-0.3, -0.25) is 0 Å². The Bertz CT molecular complexity index is 714. The minimum absolute atomic E-state index is 0.0723. The second kappa shape index (κ2) is 7.65. The second-order valence-electron chi connectivity index (χ2n) is 11.2. The molecule has 2 rings (SSSR count). The SMILES string of the molecule is C=C[C@@H]1C[C@H](O[Si](C)(C)C(C)(C)C)c2cc(O[Si](C)(C)C(C)(C)C)ccc2N1. The van der Waals surface area contributed by atoms with Crippen LogP contribution in [0.4, 0.5) is 5.69 Å². The van der Waals surface area contributed by atoms with Crippen LogP contribution in [0.25, 0.3) is 0 Å². The first-order valence-electron chi connectivity index (χ1n) is 10.5. The zero-order valence-electron chi connectivity index (χ0n) is 19.7. The Morgan fingerprint density at radius 2 is 1.57 bits per heavy atom. The molecule has 0 unspecified atom stereocenters. The Morgan fingerprint density at radius 1 is 1.00 bits per heavy atom. The van der Waals surface area contributed by atoms with E-state index in [0.29, 0.717) is 0 Å². The van der Waals surface area contributed by atoms with E-state index in [9.17, 15) is 0 Å². The first-order valence-corrected chi connectivity index (χ1v) is 16.3. The number of anilines is 1. The van der Waals surface area contributed by atoms with Crippen molar-refractivity contribution in [2.45, 2.75) is 96.4 Å². The van der Waals surface area contributed by atoms with Gasteiger partial charge in [-0.25, -0.2) is 0 Å². The summed E-state index contributed by atoms with van der Waals surface area (Å²) in [7, 11) is -3.77. The number of hydrogen-bond acceptors (Lipinski definition) is 3. The molecule has 0 aliphatic carbocycles.